The van der Waals surface area contributed by atoms with Crippen molar-refractivity contribution in [3.8, 4) is 5.75 Å². The first-order valence-corrected chi connectivity index (χ1v) is 7.78. The molecule has 3 N–H and O–H groups in total. The molecule has 1 unspecified atom stereocenters. The topological polar surface area (TPSA) is 79.6 Å². The largest absolute Gasteiger partial charge is 0.489 e. The summed E-state index contributed by atoms with van der Waals surface area (Å²) in [6, 6.07) is 5.91. The number of nitrogens with one attached hydrogen (secondary N) is 1. The predicted molar refractivity (Wildman–Crippen MR) is 87.4 cm³/mol. The van der Waals surface area contributed by atoms with E-state index in [-0.39, 0.29) is 6.10 Å². The summed E-state index contributed by atoms with van der Waals surface area (Å²) in [6.45, 7) is 3.62. The normalized spacial score (nSPS) is 22.2. The fourth-order valence-electron chi connectivity index (χ4n) is 3.02. The molecule has 2 aromatic rings. The van der Waals surface area contributed by atoms with E-state index in [1.54, 1.807) is 4.90 Å². The van der Waals surface area contributed by atoms with Crippen molar-refractivity contribution >= 4 is 17.0 Å². The lowest BCUT2D eigenvalue weighted by Gasteiger charge is -2.29. The molecular weight excluding hydrogens is 294 g/mol. The number of likely N-dealkylation sites (N-methyl/N-ethyl adjacent to an activating group) is 1. The average Bonchev–Trinajstić information content (AvgIpc) is 3.12. The number of nitrogens with two attached hydrogens (primary N) is 1. The molecule has 7 nitrogen and oxygen atoms in total. The van der Waals surface area contributed by atoms with Crippen LogP contribution in [0.2, 0.25) is 0 Å². The first-order valence-electron chi connectivity index (χ1n) is 7.78. The van der Waals surface area contributed by atoms with Crippen LogP contribution in [0.1, 0.15) is 12.8 Å². The number of likely N-dealkylation sites (tertiary alicyclic amines) is 1. The van der Waals surface area contributed by atoms with Gasteiger partial charge in [-0.1, -0.05) is 0 Å². The van der Waals surface area contributed by atoms with Crippen molar-refractivity contribution < 1.29 is 9.47 Å². The van der Waals surface area contributed by atoms with Crippen molar-refractivity contribution in [3.63, 3.8) is 0 Å². The highest BCUT2D eigenvalue weighted by Crippen LogP contribution is 2.27. The number of fused-ring (bicyclic) bond motifs is 1. The number of imidazole rings is 1. The number of nitrogens with zero attached hydrogens (tertiary/aromatic N) is 3. The molecule has 0 aliphatic carbocycles. The van der Waals surface area contributed by atoms with Crippen LogP contribution in [0.25, 0.3) is 11.0 Å². The van der Waals surface area contributed by atoms with Crippen molar-refractivity contribution in [2.24, 2.45) is 5.73 Å². The second-order valence-electron chi connectivity index (χ2n) is 6.04. The maximum absolute atomic E-state index is 6.11. The molecule has 2 aliphatic rings. The smallest absolute Gasteiger partial charge is 0.236 e. The Morgan fingerprint density at radius 2 is 2.35 bits per heavy atom. The second kappa shape index (κ2) is 5.66. The lowest BCUT2D eigenvalue weighted by Crippen LogP contribution is -2.38. The van der Waals surface area contributed by atoms with Crippen molar-refractivity contribution in [1.29, 1.82) is 0 Å². The molecule has 0 bridgehead atoms. The number of hydrogen-bond acceptors (Lipinski definition) is 6. The van der Waals surface area contributed by atoms with Crippen molar-refractivity contribution in [3.05, 3.63) is 37.0 Å². The van der Waals surface area contributed by atoms with Gasteiger partial charge in [-0.2, -0.15) is 0 Å². The minimum absolute atomic E-state index is 0.239. The van der Waals surface area contributed by atoms with Crippen LogP contribution in [0.4, 0.5) is 5.95 Å². The SMILES string of the molecule is CN1CCCC(Oc2ccc3[nH]c(N4[CH]OC=C4N)nc3c2)C1. The van der Waals surface area contributed by atoms with E-state index in [1.807, 2.05) is 18.2 Å². The Hall–Kier alpha value is -2.41. The van der Waals surface area contributed by atoms with Crippen LogP contribution in [0.15, 0.2) is 30.3 Å². The molecule has 1 aromatic carbocycles. The van der Waals surface area contributed by atoms with Crippen LogP contribution >= 0.6 is 0 Å². The van der Waals surface area contributed by atoms with E-state index >= 15 is 0 Å². The first-order chi connectivity index (χ1) is 11.2. The molecule has 1 saturated heterocycles. The highest BCUT2D eigenvalue weighted by Gasteiger charge is 2.21. The molecule has 3 heterocycles. The molecule has 121 valence electrons. The van der Waals surface area contributed by atoms with Crippen LogP contribution in [-0.4, -0.2) is 41.1 Å². The van der Waals surface area contributed by atoms with Gasteiger partial charge in [0.1, 0.15) is 23.9 Å². The van der Waals surface area contributed by atoms with Gasteiger partial charge in [-0.05, 0) is 38.6 Å². The summed E-state index contributed by atoms with van der Waals surface area (Å²) in [5.74, 6) is 1.97. The number of H-pyrrole nitrogens is 1. The minimum atomic E-state index is 0.239. The van der Waals surface area contributed by atoms with E-state index in [1.165, 1.54) is 19.4 Å². The van der Waals surface area contributed by atoms with Gasteiger partial charge >= 0.3 is 0 Å². The Balaban J connectivity index is 1.54. The lowest BCUT2D eigenvalue weighted by atomic mass is 10.1. The minimum Gasteiger partial charge on any atom is -0.489 e. The van der Waals surface area contributed by atoms with Crippen molar-refractivity contribution in [1.82, 2.24) is 14.9 Å². The summed E-state index contributed by atoms with van der Waals surface area (Å²) in [4.78, 5) is 11.8. The molecule has 0 spiro atoms. The van der Waals surface area contributed by atoms with Gasteiger partial charge in [0.15, 0.2) is 0 Å². The molecule has 1 fully saturated rings. The van der Waals surface area contributed by atoms with Gasteiger partial charge in [0.05, 0.1) is 11.0 Å². The number of anilines is 1. The zero-order valence-electron chi connectivity index (χ0n) is 13.0. The highest BCUT2D eigenvalue weighted by atomic mass is 16.5. The van der Waals surface area contributed by atoms with Crippen LogP contribution in [-0.2, 0) is 4.74 Å². The zero-order chi connectivity index (χ0) is 15.8. The molecule has 2 aliphatic heterocycles. The summed E-state index contributed by atoms with van der Waals surface area (Å²) in [5, 5.41) is 0. The number of piperidine rings is 1. The van der Waals surface area contributed by atoms with Gasteiger partial charge in [0.2, 0.25) is 12.7 Å². The molecule has 1 aromatic heterocycles. The van der Waals surface area contributed by atoms with E-state index in [0.717, 1.165) is 36.3 Å². The van der Waals surface area contributed by atoms with Gasteiger partial charge in [-0.15, -0.1) is 0 Å². The highest BCUT2D eigenvalue weighted by molar-refractivity contribution is 5.79. The molecule has 1 radical (unpaired) electrons. The number of rotatable bonds is 3. The number of ether oxygens (including phenoxy) is 2. The van der Waals surface area contributed by atoms with E-state index < -0.39 is 0 Å². The van der Waals surface area contributed by atoms with Gasteiger partial charge in [0, 0.05) is 12.6 Å². The monoisotopic (exact) mass is 314 g/mol. The summed E-state index contributed by atoms with van der Waals surface area (Å²) in [7, 11) is 2.13. The Morgan fingerprint density at radius 1 is 1.43 bits per heavy atom. The summed E-state index contributed by atoms with van der Waals surface area (Å²) in [5.41, 5.74) is 7.61. The molecule has 4 rings (SSSR count). The maximum atomic E-state index is 6.11. The summed E-state index contributed by atoms with van der Waals surface area (Å²) in [6.07, 6.45) is 3.98. The predicted octanol–water partition coefficient (Wildman–Crippen LogP) is 1.75. The van der Waals surface area contributed by atoms with Crippen LogP contribution < -0.4 is 15.4 Å². The van der Waals surface area contributed by atoms with Crippen LogP contribution in [0.3, 0.4) is 0 Å². The molecule has 1 atom stereocenters. The van der Waals surface area contributed by atoms with Gasteiger partial charge in [-0.3, -0.25) is 4.90 Å². The van der Waals surface area contributed by atoms with E-state index in [0.29, 0.717) is 11.8 Å². The van der Waals surface area contributed by atoms with E-state index in [2.05, 4.69) is 21.9 Å². The first kappa shape index (κ1) is 14.2. The summed E-state index contributed by atoms with van der Waals surface area (Å²) < 4.78 is 11.2. The Kier molecular flexibility index (Phi) is 3.49. The maximum Gasteiger partial charge on any atom is 0.236 e. The lowest BCUT2D eigenvalue weighted by molar-refractivity contribution is 0.104. The van der Waals surface area contributed by atoms with Gasteiger partial charge < -0.3 is 25.1 Å². The number of hydrogen-bond donors (Lipinski definition) is 2. The average molecular weight is 314 g/mol. The Morgan fingerprint density at radius 3 is 3.13 bits per heavy atom. The second-order valence-corrected chi connectivity index (χ2v) is 6.04. The number of aromatic nitrogens is 2. The van der Waals surface area contributed by atoms with Crippen LogP contribution in [0.5, 0.6) is 5.75 Å². The molecule has 7 heteroatoms. The standard InChI is InChI=1S/C16H20N5O2/c1-20-6-2-3-12(8-20)23-11-4-5-13-14(7-11)19-16(18-13)21-10-22-9-15(21)17/h4-5,7,9-10,12H,2-3,6,8,17H2,1H3,(H,18,19). The number of aromatic amines is 1. The third-order valence-corrected chi connectivity index (χ3v) is 4.19. The van der Waals surface area contributed by atoms with E-state index in [9.17, 15) is 0 Å². The van der Waals surface area contributed by atoms with E-state index in [4.69, 9.17) is 15.2 Å². The Labute approximate surface area is 134 Å². The summed E-state index contributed by atoms with van der Waals surface area (Å²) >= 11 is 0. The molecule has 0 amide bonds. The van der Waals surface area contributed by atoms with Crippen molar-refractivity contribution in [2.45, 2.75) is 18.9 Å². The number of benzene rings is 1. The molecule has 23 heavy (non-hydrogen) atoms. The fraction of sp³-hybridized carbons (Fsp3) is 0.375. The van der Waals surface area contributed by atoms with Gasteiger partial charge in [0.25, 0.3) is 0 Å². The zero-order valence-corrected chi connectivity index (χ0v) is 13.0. The molecule has 0 saturated carbocycles. The third-order valence-electron chi connectivity index (χ3n) is 4.19. The Bertz CT molecular complexity index is 741. The third kappa shape index (κ3) is 2.79. The van der Waals surface area contributed by atoms with Crippen LogP contribution in [0, 0.1) is 6.73 Å². The fourth-order valence-corrected chi connectivity index (χ4v) is 3.02. The van der Waals surface area contributed by atoms with Gasteiger partial charge in [-0.25, -0.2) is 4.98 Å². The van der Waals surface area contributed by atoms with Crippen molar-refractivity contribution in [2.75, 3.05) is 25.0 Å². The quantitative estimate of drug-likeness (QED) is 0.898. The molecular formula is C16H20N5O2.